The Bertz CT molecular complexity index is 936. The van der Waals surface area contributed by atoms with Crippen molar-refractivity contribution in [3.05, 3.63) is 58.8 Å². The first-order valence-electron chi connectivity index (χ1n) is 8.44. The molecule has 0 spiro atoms. The molecule has 0 radical (unpaired) electrons. The number of rotatable bonds is 5. The third-order valence-electron chi connectivity index (χ3n) is 4.43. The molecule has 0 fully saturated rings. The van der Waals surface area contributed by atoms with Gasteiger partial charge in [-0.15, -0.1) is 0 Å². The van der Waals surface area contributed by atoms with Crippen molar-refractivity contribution < 1.29 is 9.53 Å². The quantitative estimate of drug-likeness (QED) is 0.705. The highest BCUT2D eigenvalue weighted by Crippen LogP contribution is 2.23. The van der Waals surface area contributed by atoms with Gasteiger partial charge < -0.3 is 9.64 Å². The molecule has 3 aromatic rings. The number of carbonyl (C=O) groups is 1. The van der Waals surface area contributed by atoms with Crippen molar-refractivity contribution in [2.45, 2.75) is 26.8 Å². The van der Waals surface area contributed by atoms with Gasteiger partial charge in [0.05, 0.1) is 24.0 Å². The molecule has 3 rings (SSSR count). The van der Waals surface area contributed by atoms with Gasteiger partial charge in [0, 0.05) is 31.7 Å². The fourth-order valence-electron chi connectivity index (χ4n) is 3.12. The Morgan fingerprint density at radius 1 is 1.31 bits per heavy atom. The average molecular weight is 353 g/mol. The van der Waals surface area contributed by atoms with Crippen LogP contribution >= 0.6 is 0 Å². The van der Waals surface area contributed by atoms with Gasteiger partial charge in [-0.05, 0) is 39.0 Å². The predicted molar refractivity (Wildman–Crippen MR) is 98.1 cm³/mol. The molecule has 0 bridgehead atoms. The summed E-state index contributed by atoms with van der Waals surface area (Å²) in [5, 5.41) is 4.50. The van der Waals surface area contributed by atoms with E-state index in [1.807, 2.05) is 45.0 Å². The fourth-order valence-corrected chi connectivity index (χ4v) is 3.12. The van der Waals surface area contributed by atoms with Gasteiger partial charge in [-0.25, -0.2) is 9.50 Å². The van der Waals surface area contributed by atoms with Crippen LogP contribution in [-0.2, 0) is 4.74 Å². The van der Waals surface area contributed by atoms with Crippen molar-refractivity contribution in [3.8, 4) is 0 Å². The van der Waals surface area contributed by atoms with E-state index >= 15 is 0 Å². The molecule has 136 valence electrons. The Hall–Kier alpha value is -2.80. The minimum absolute atomic E-state index is 0.150. The highest BCUT2D eigenvalue weighted by atomic mass is 16.5. The van der Waals surface area contributed by atoms with Gasteiger partial charge in [0.1, 0.15) is 5.56 Å². The summed E-state index contributed by atoms with van der Waals surface area (Å²) in [6, 6.07) is 7.29. The van der Waals surface area contributed by atoms with Crippen LogP contribution in [0.3, 0.4) is 0 Å². The summed E-state index contributed by atoms with van der Waals surface area (Å²) in [4.78, 5) is 23.9. The van der Waals surface area contributed by atoms with Gasteiger partial charge in [0.15, 0.2) is 5.65 Å². The zero-order chi connectivity index (χ0) is 18.8. The normalized spacial score (nSPS) is 12.3. The first-order valence-corrected chi connectivity index (χ1v) is 8.44. The molecule has 26 heavy (non-hydrogen) atoms. The lowest BCUT2D eigenvalue weighted by Crippen LogP contribution is -2.34. The van der Waals surface area contributed by atoms with E-state index in [0.717, 1.165) is 17.1 Å². The molecule has 0 saturated heterocycles. The molecule has 0 aliphatic carbocycles. The van der Waals surface area contributed by atoms with Crippen LogP contribution in [-0.4, -0.2) is 51.2 Å². The number of amides is 1. The molecule has 3 aromatic heterocycles. The minimum Gasteiger partial charge on any atom is -0.382 e. The largest absolute Gasteiger partial charge is 0.382 e. The Labute approximate surface area is 152 Å². The summed E-state index contributed by atoms with van der Waals surface area (Å²) < 4.78 is 7.05. The first kappa shape index (κ1) is 18.0. The van der Waals surface area contributed by atoms with Crippen LogP contribution < -0.4 is 0 Å². The molecule has 7 heteroatoms. The van der Waals surface area contributed by atoms with Crippen molar-refractivity contribution in [3.63, 3.8) is 0 Å². The summed E-state index contributed by atoms with van der Waals surface area (Å²) in [5.41, 5.74) is 4.31. The number of hydrogen-bond donors (Lipinski definition) is 0. The zero-order valence-electron chi connectivity index (χ0n) is 15.7. The van der Waals surface area contributed by atoms with Crippen LogP contribution in [0.1, 0.15) is 39.2 Å². The molecule has 0 aromatic carbocycles. The highest BCUT2D eigenvalue weighted by molar-refractivity contribution is 6.01. The van der Waals surface area contributed by atoms with Crippen molar-refractivity contribution >= 4 is 11.6 Å². The van der Waals surface area contributed by atoms with Crippen molar-refractivity contribution in [1.29, 1.82) is 0 Å². The maximum atomic E-state index is 13.3. The topological polar surface area (TPSA) is 72.6 Å². The molecular formula is C19H23N5O2. The van der Waals surface area contributed by atoms with Gasteiger partial charge >= 0.3 is 0 Å². The molecule has 0 aliphatic rings. The summed E-state index contributed by atoms with van der Waals surface area (Å²) in [6.07, 6.45) is 1.71. The second-order valence-corrected chi connectivity index (χ2v) is 6.38. The number of aryl methyl sites for hydroxylation is 3. The van der Waals surface area contributed by atoms with Crippen molar-refractivity contribution in [2.24, 2.45) is 0 Å². The number of hydrogen-bond acceptors (Lipinski definition) is 5. The Morgan fingerprint density at radius 2 is 2.08 bits per heavy atom. The second-order valence-electron chi connectivity index (χ2n) is 6.38. The Morgan fingerprint density at radius 3 is 2.73 bits per heavy atom. The van der Waals surface area contributed by atoms with Crippen LogP contribution in [0.5, 0.6) is 0 Å². The summed E-state index contributed by atoms with van der Waals surface area (Å²) in [7, 11) is 3.37. The molecule has 0 aliphatic heterocycles. The lowest BCUT2D eigenvalue weighted by Gasteiger charge is -2.27. The van der Waals surface area contributed by atoms with Crippen LogP contribution in [0.2, 0.25) is 0 Å². The molecule has 1 atom stereocenters. The highest BCUT2D eigenvalue weighted by Gasteiger charge is 2.28. The monoisotopic (exact) mass is 353 g/mol. The van der Waals surface area contributed by atoms with E-state index in [4.69, 9.17) is 4.74 Å². The molecule has 0 saturated carbocycles. The number of ether oxygens (including phenoxy) is 1. The second kappa shape index (κ2) is 7.21. The minimum atomic E-state index is -0.297. The molecule has 1 amide bonds. The maximum absolute atomic E-state index is 13.3. The van der Waals surface area contributed by atoms with Gasteiger partial charge in [0.2, 0.25) is 0 Å². The van der Waals surface area contributed by atoms with Gasteiger partial charge in [0.25, 0.3) is 5.91 Å². The van der Waals surface area contributed by atoms with Crippen LogP contribution in [0.15, 0.2) is 30.5 Å². The standard InChI is InChI=1S/C19H23N5O2/c1-12-10-13(2)24-18(21-12)17(14(3)22-24)19(25)23(4)16(11-26-5)15-8-6-7-9-20-15/h6-10,16H,11H2,1-5H3. The zero-order valence-corrected chi connectivity index (χ0v) is 15.7. The Kier molecular flexibility index (Phi) is 4.99. The SMILES string of the molecule is COCC(c1ccccn1)N(C)C(=O)c1c(C)nn2c(C)cc(C)nc12. The van der Waals surface area contributed by atoms with Gasteiger partial charge in [-0.2, -0.15) is 5.10 Å². The Balaban J connectivity index is 2.05. The lowest BCUT2D eigenvalue weighted by atomic mass is 10.1. The van der Waals surface area contributed by atoms with Crippen LogP contribution in [0, 0.1) is 20.8 Å². The number of methoxy groups -OCH3 is 1. The van der Waals surface area contributed by atoms with Crippen molar-refractivity contribution in [2.75, 3.05) is 20.8 Å². The molecule has 7 nitrogen and oxygen atoms in total. The number of aromatic nitrogens is 4. The predicted octanol–water partition coefficient (Wildman–Crippen LogP) is 2.51. The number of pyridine rings is 1. The lowest BCUT2D eigenvalue weighted by molar-refractivity contribution is 0.0596. The van der Waals surface area contributed by atoms with Gasteiger partial charge in [-0.3, -0.25) is 9.78 Å². The molecule has 3 heterocycles. The van der Waals surface area contributed by atoms with E-state index < -0.39 is 0 Å². The van der Waals surface area contributed by atoms with E-state index in [9.17, 15) is 4.79 Å². The molecular weight excluding hydrogens is 330 g/mol. The molecule has 1 unspecified atom stereocenters. The third kappa shape index (κ3) is 3.17. The summed E-state index contributed by atoms with van der Waals surface area (Å²) in [5.74, 6) is -0.150. The first-order chi connectivity index (χ1) is 12.4. The number of carbonyl (C=O) groups excluding carboxylic acids is 1. The third-order valence-corrected chi connectivity index (χ3v) is 4.43. The van der Waals surface area contributed by atoms with Crippen LogP contribution in [0.25, 0.3) is 5.65 Å². The number of likely N-dealkylation sites (N-methyl/N-ethyl adjacent to an activating group) is 1. The summed E-state index contributed by atoms with van der Waals surface area (Å²) in [6.45, 7) is 6.04. The summed E-state index contributed by atoms with van der Waals surface area (Å²) >= 11 is 0. The molecule has 0 N–H and O–H groups in total. The maximum Gasteiger partial charge on any atom is 0.260 e. The average Bonchev–Trinajstić information content (AvgIpc) is 2.95. The number of fused-ring (bicyclic) bond motifs is 1. The van der Waals surface area contributed by atoms with Crippen LogP contribution in [0.4, 0.5) is 0 Å². The fraction of sp³-hybridized carbons (Fsp3) is 0.368. The van der Waals surface area contributed by atoms with E-state index in [1.165, 1.54) is 0 Å². The van der Waals surface area contributed by atoms with E-state index in [-0.39, 0.29) is 11.9 Å². The van der Waals surface area contributed by atoms with Gasteiger partial charge in [-0.1, -0.05) is 6.07 Å². The van der Waals surface area contributed by atoms with E-state index in [0.29, 0.717) is 23.5 Å². The number of nitrogens with zero attached hydrogens (tertiary/aromatic N) is 5. The van der Waals surface area contributed by atoms with E-state index in [2.05, 4.69) is 15.1 Å². The smallest absolute Gasteiger partial charge is 0.260 e. The van der Waals surface area contributed by atoms with Crippen molar-refractivity contribution in [1.82, 2.24) is 24.5 Å². The van der Waals surface area contributed by atoms with E-state index in [1.54, 1.807) is 29.8 Å².